The Kier molecular flexibility index (Phi) is 6.64. The molecule has 2 aliphatic rings. The van der Waals surface area contributed by atoms with Gasteiger partial charge < -0.3 is 9.64 Å². The van der Waals surface area contributed by atoms with E-state index in [0.717, 1.165) is 26.1 Å². The van der Waals surface area contributed by atoms with E-state index in [-0.39, 0.29) is 11.7 Å². The highest BCUT2D eigenvalue weighted by molar-refractivity contribution is 7.89. The first-order valence-corrected chi connectivity index (χ1v) is 10.5. The van der Waals surface area contributed by atoms with Gasteiger partial charge in [0, 0.05) is 32.7 Å². The van der Waals surface area contributed by atoms with E-state index in [1.807, 2.05) is 6.92 Å². The Labute approximate surface area is 146 Å². The Balaban J connectivity index is 1.94. The molecule has 0 saturated carbocycles. The molecule has 0 N–H and O–H groups in total. The first-order chi connectivity index (χ1) is 11.3. The van der Waals surface area contributed by atoms with Gasteiger partial charge in [0.1, 0.15) is 5.54 Å². The van der Waals surface area contributed by atoms with Gasteiger partial charge in [-0.3, -0.25) is 9.69 Å². The third-order valence-corrected chi connectivity index (χ3v) is 6.93. The quantitative estimate of drug-likeness (QED) is 0.655. The Morgan fingerprint density at radius 2 is 1.75 bits per heavy atom. The Morgan fingerprint density at radius 3 is 2.38 bits per heavy atom. The van der Waals surface area contributed by atoms with Gasteiger partial charge in [-0.15, -0.1) is 0 Å². The molecule has 0 aromatic rings. The zero-order valence-electron chi connectivity index (χ0n) is 15.2. The molecule has 8 heteroatoms. The second-order valence-electron chi connectivity index (χ2n) is 7.05. The Hall–Kier alpha value is -0.700. The molecule has 0 atom stereocenters. The molecule has 7 nitrogen and oxygen atoms in total. The van der Waals surface area contributed by atoms with Crippen LogP contribution in [0.5, 0.6) is 0 Å². The molecule has 24 heavy (non-hydrogen) atoms. The highest BCUT2D eigenvalue weighted by Gasteiger charge is 2.46. The highest BCUT2D eigenvalue weighted by Crippen LogP contribution is 2.26. The summed E-state index contributed by atoms with van der Waals surface area (Å²) in [7, 11) is -3.44. The summed E-state index contributed by atoms with van der Waals surface area (Å²) in [5.41, 5.74) is -0.995. The minimum atomic E-state index is -3.44. The van der Waals surface area contributed by atoms with E-state index in [4.69, 9.17) is 4.74 Å². The van der Waals surface area contributed by atoms with Crippen LogP contribution >= 0.6 is 0 Å². The molecule has 0 aromatic carbocycles. The van der Waals surface area contributed by atoms with Crippen LogP contribution in [0, 0.1) is 0 Å². The molecular weight excluding hydrogens is 330 g/mol. The fourth-order valence-corrected chi connectivity index (χ4v) is 5.31. The van der Waals surface area contributed by atoms with E-state index in [1.165, 1.54) is 4.31 Å². The van der Waals surface area contributed by atoms with Gasteiger partial charge in [-0.1, -0.05) is 6.92 Å². The zero-order chi connectivity index (χ0) is 17.8. The summed E-state index contributed by atoms with van der Waals surface area (Å²) >= 11 is 0. The number of ether oxygens (including phenoxy) is 1. The summed E-state index contributed by atoms with van der Waals surface area (Å²) < 4.78 is 32.2. The van der Waals surface area contributed by atoms with Crippen LogP contribution in [0.1, 0.15) is 33.6 Å². The third kappa shape index (κ3) is 4.47. The van der Waals surface area contributed by atoms with Crippen LogP contribution in [0.3, 0.4) is 0 Å². The van der Waals surface area contributed by atoms with Gasteiger partial charge in [0.15, 0.2) is 0 Å². The molecule has 1 amide bonds. The summed E-state index contributed by atoms with van der Waals surface area (Å²) in [5, 5.41) is 0. The average molecular weight is 362 g/mol. The Bertz CT molecular complexity index is 529. The van der Waals surface area contributed by atoms with E-state index in [0.29, 0.717) is 39.3 Å². The molecule has 140 valence electrons. The molecule has 2 saturated heterocycles. The van der Waals surface area contributed by atoms with E-state index in [9.17, 15) is 13.2 Å². The molecule has 2 heterocycles. The topological polar surface area (TPSA) is 70.2 Å². The predicted molar refractivity (Wildman–Crippen MR) is 93.3 cm³/mol. The molecule has 2 rings (SSSR count). The van der Waals surface area contributed by atoms with Gasteiger partial charge in [-0.2, -0.15) is 4.31 Å². The van der Waals surface area contributed by atoms with Crippen LogP contribution in [0.25, 0.3) is 0 Å². The summed E-state index contributed by atoms with van der Waals surface area (Å²) in [5.74, 6) is 0.00170. The van der Waals surface area contributed by atoms with Gasteiger partial charge in [0.05, 0.1) is 19.0 Å². The number of morpholine rings is 1. The molecule has 0 spiro atoms. The van der Waals surface area contributed by atoms with Crippen LogP contribution in [0.15, 0.2) is 0 Å². The fraction of sp³-hybridized carbons (Fsp3) is 0.938. The second kappa shape index (κ2) is 8.12. The van der Waals surface area contributed by atoms with Crippen molar-refractivity contribution in [2.45, 2.75) is 39.2 Å². The van der Waals surface area contributed by atoms with Crippen molar-refractivity contribution in [2.75, 3.05) is 58.2 Å². The monoisotopic (exact) mass is 361 g/mol. The number of carbonyl (C=O) groups excluding carboxylic acids is 1. The second-order valence-corrected chi connectivity index (χ2v) is 9.06. The number of nitrogens with zero attached hydrogens (tertiary/aromatic N) is 3. The summed E-state index contributed by atoms with van der Waals surface area (Å²) in [6, 6.07) is 0. The predicted octanol–water partition coefficient (Wildman–Crippen LogP) is 0.371. The van der Waals surface area contributed by atoms with E-state index in [1.54, 1.807) is 18.7 Å². The molecule has 0 radical (unpaired) electrons. The lowest BCUT2D eigenvalue weighted by Crippen LogP contribution is -2.64. The minimum absolute atomic E-state index is 0.0904. The number of rotatable bonds is 7. The van der Waals surface area contributed by atoms with Crippen molar-refractivity contribution in [2.24, 2.45) is 0 Å². The maximum Gasteiger partial charge on any atom is 0.243 e. The zero-order valence-corrected chi connectivity index (χ0v) is 16.0. The minimum Gasteiger partial charge on any atom is -0.379 e. The summed E-state index contributed by atoms with van der Waals surface area (Å²) in [4.78, 5) is 16.6. The molecule has 0 unspecified atom stereocenters. The van der Waals surface area contributed by atoms with Gasteiger partial charge >= 0.3 is 0 Å². The van der Waals surface area contributed by atoms with E-state index in [2.05, 4.69) is 4.90 Å². The van der Waals surface area contributed by atoms with Crippen molar-refractivity contribution >= 4 is 15.9 Å². The van der Waals surface area contributed by atoms with Crippen molar-refractivity contribution in [3.8, 4) is 0 Å². The van der Waals surface area contributed by atoms with Gasteiger partial charge in [0.25, 0.3) is 0 Å². The number of carbonyl (C=O) groups is 1. The van der Waals surface area contributed by atoms with Gasteiger partial charge in [-0.25, -0.2) is 8.42 Å². The average Bonchev–Trinajstić information content (AvgIpc) is 2.52. The fourth-order valence-electron chi connectivity index (χ4n) is 3.46. The number of hydrogen-bond donors (Lipinski definition) is 0. The first kappa shape index (κ1) is 19.6. The first-order valence-electron chi connectivity index (χ1n) is 8.89. The smallest absolute Gasteiger partial charge is 0.243 e. The molecule has 0 aromatic heterocycles. The van der Waals surface area contributed by atoms with Gasteiger partial charge in [-0.05, 0) is 33.2 Å². The summed E-state index contributed by atoms with van der Waals surface area (Å²) in [6.45, 7) is 10.9. The van der Waals surface area contributed by atoms with Crippen LogP contribution in [-0.4, -0.2) is 92.2 Å². The van der Waals surface area contributed by atoms with Crippen molar-refractivity contribution in [1.82, 2.24) is 14.1 Å². The van der Waals surface area contributed by atoms with Crippen LogP contribution in [0.2, 0.25) is 0 Å². The van der Waals surface area contributed by atoms with E-state index >= 15 is 0 Å². The third-order valence-electron chi connectivity index (χ3n) is 4.82. The lowest BCUT2D eigenvalue weighted by atomic mass is 10.0. The van der Waals surface area contributed by atoms with E-state index < -0.39 is 15.6 Å². The van der Waals surface area contributed by atoms with Crippen LogP contribution in [-0.2, 0) is 19.6 Å². The molecule has 2 fully saturated rings. The van der Waals surface area contributed by atoms with Crippen molar-refractivity contribution in [3.63, 3.8) is 0 Å². The maximum absolute atomic E-state index is 12.8. The largest absolute Gasteiger partial charge is 0.379 e. The lowest BCUT2D eigenvalue weighted by molar-refractivity contribution is -0.144. The van der Waals surface area contributed by atoms with Crippen LogP contribution < -0.4 is 0 Å². The SMILES string of the molecule is CCCN1CCN(S(=O)(=O)CCCN2CCOCC2)C(C)(C)C1=O. The standard InChI is InChI=1S/C16H31N3O4S/c1-4-6-18-8-9-19(16(2,3)15(18)20)24(21,22)14-5-7-17-10-12-23-13-11-17/h4-14H2,1-3H3. The van der Waals surface area contributed by atoms with Crippen LogP contribution in [0.4, 0.5) is 0 Å². The van der Waals surface area contributed by atoms with Crippen molar-refractivity contribution < 1.29 is 17.9 Å². The Morgan fingerprint density at radius 1 is 1.08 bits per heavy atom. The highest BCUT2D eigenvalue weighted by atomic mass is 32.2. The molecule has 2 aliphatic heterocycles. The molecule has 0 bridgehead atoms. The number of hydrogen-bond acceptors (Lipinski definition) is 5. The van der Waals surface area contributed by atoms with Crippen molar-refractivity contribution in [1.29, 1.82) is 0 Å². The summed E-state index contributed by atoms with van der Waals surface area (Å²) in [6.07, 6.45) is 1.47. The van der Waals surface area contributed by atoms with Crippen molar-refractivity contribution in [3.05, 3.63) is 0 Å². The number of sulfonamides is 1. The normalized spacial score (nSPS) is 23.6. The number of piperazine rings is 1. The number of amides is 1. The lowest BCUT2D eigenvalue weighted by Gasteiger charge is -2.44. The maximum atomic E-state index is 12.8. The molecular formula is C16H31N3O4S. The van der Waals surface area contributed by atoms with Gasteiger partial charge in [0.2, 0.25) is 15.9 Å². The molecule has 0 aliphatic carbocycles.